The predicted octanol–water partition coefficient (Wildman–Crippen LogP) is 1.95. The smallest absolute Gasteiger partial charge is 0.310 e. The van der Waals surface area contributed by atoms with Gasteiger partial charge in [0.15, 0.2) is 0 Å². The molecule has 1 aliphatic rings. The summed E-state index contributed by atoms with van der Waals surface area (Å²) in [5, 5.41) is 0. The molecular formula is C17H24N2O3. The zero-order valence-corrected chi connectivity index (χ0v) is 13.8. The minimum absolute atomic E-state index is 0.0404. The number of methoxy groups -OCH3 is 1. The molecule has 0 aromatic heterocycles. The van der Waals surface area contributed by atoms with Gasteiger partial charge in [-0.05, 0) is 31.0 Å². The molecule has 2 rings (SSSR count). The fraction of sp³-hybridized carbons (Fsp3) is 0.529. The molecule has 0 unspecified atom stereocenters. The number of anilines is 1. The Morgan fingerprint density at radius 1 is 1.41 bits per heavy atom. The minimum Gasteiger partial charge on any atom is -0.469 e. The zero-order chi connectivity index (χ0) is 16.3. The molecule has 5 heteroatoms. The SMILES string of the molecule is CCN(C[C@H](C)C(=O)OC)C(=O)c1ccc2c(c1)N(C)CC2. The number of hydrogen-bond donors (Lipinski definition) is 0. The Bertz CT molecular complexity index is 571. The van der Waals surface area contributed by atoms with Gasteiger partial charge in [-0.2, -0.15) is 0 Å². The molecule has 0 bridgehead atoms. The first-order valence-corrected chi connectivity index (χ1v) is 7.69. The van der Waals surface area contributed by atoms with Crippen LogP contribution in [0.15, 0.2) is 18.2 Å². The van der Waals surface area contributed by atoms with Gasteiger partial charge >= 0.3 is 5.97 Å². The highest BCUT2D eigenvalue weighted by Gasteiger charge is 2.23. The topological polar surface area (TPSA) is 49.9 Å². The fourth-order valence-electron chi connectivity index (χ4n) is 2.82. The number of likely N-dealkylation sites (N-methyl/N-ethyl adjacent to an activating group) is 1. The number of hydrogen-bond acceptors (Lipinski definition) is 4. The number of ether oxygens (including phenoxy) is 1. The summed E-state index contributed by atoms with van der Waals surface area (Å²) in [5.41, 5.74) is 3.08. The van der Waals surface area contributed by atoms with Gasteiger partial charge in [0.2, 0.25) is 0 Å². The lowest BCUT2D eigenvalue weighted by Crippen LogP contribution is -2.37. The van der Waals surface area contributed by atoms with Gasteiger partial charge < -0.3 is 14.5 Å². The Morgan fingerprint density at radius 3 is 2.77 bits per heavy atom. The van der Waals surface area contributed by atoms with E-state index in [0.29, 0.717) is 18.7 Å². The normalized spacial score (nSPS) is 14.5. The van der Waals surface area contributed by atoms with Crippen LogP contribution in [0.2, 0.25) is 0 Å². The van der Waals surface area contributed by atoms with Crippen LogP contribution in [-0.4, -0.2) is 50.6 Å². The molecule has 22 heavy (non-hydrogen) atoms. The number of esters is 1. The molecule has 1 aromatic rings. The van der Waals surface area contributed by atoms with E-state index in [2.05, 4.69) is 4.90 Å². The monoisotopic (exact) mass is 304 g/mol. The van der Waals surface area contributed by atoms with E-state index in [1.165, 1.54) is 12.7 Å². The number of rotatable bonds is 5. The standard InChI is InChI=1S/C17H24N2O3/c1-5-19(11-12(2)17(21)22-4)16(20)14-7-6-13-8-9-18(3)15(13)10-14/h6-7,10,12H,5,8-9,11H2,1-4H3/t12-/m0/s1. The van der Waals surface area contributed by atoms with Crippen molar-refractivity contribution >= 4 is 17.6 Å². The summed E-state index contributed by atoms with van der Waals surface area (Å²) in [5.74, 6) is -0.660. The molecule has 0 spiro atoms. The summed E-state index contributed by atoms with van der Waals surface area (Å²) in [6.07, 6.45) is 1.02. The Hall–Kier alpha value is -2.04. The van der Waals surface area contributed by atoms with Crippen LogP contribution in [0.25, 0.3) is 0 Å². The Kier molecular flexibility index (Phi) is 5.06. The summed E-state index contributed by atoms with van der Waals surface area (Å²) in [4.78, 5) is 28.1. The van der Waals surface area contributed by atoms with Gasteiger partial charge in [0.05, 0.1) is 13.0 Å². The molecule has 1 amide bonds. The molecular weight excluding hydrogens is 280 g/mol. The molecule has 0 fully saturated rings. The van der Waals surface area contributed by atoms with Crippen LogP contribution >= 0.6 is 0 Å². The highest BCUT2D eigenvalue weighted by molar-refractivity contribution is 5.95. The Labute approximate surface area is 131 Å². The number of amides is 1. The van der Waals surface area contributed by atoms with Gasteiger partial charge in [0.25, 0.3) is 5.91 Å². The lowest BCUT2D eigenvalue weighted by atomic mass is 10.1. The van der Waals surface area contributed by atoms with Crippen molar-refractivity contribution in [2.24, 2.45) is 5.92 Å². The summed E-state index contributed by atoms with van der Waals surface area (Å²) in [7, 11) is 3.41. The number of carbonyl (C=O) groups is 2. The van der Waals surface area contributed by atoms with Crippen molar-refractivity contribution in [1.82, 2.24) is 4.90 Å². The van der Waals surface area contributed by atoms with Crippen molar-refractivity contribution in [2.45, 2.75) is 20.3 Å². The molecule has 0 aliphatic carbocycles. The summed E-state index contributed by atoms with van der Waals surface area (Å²) in [6.45, 7) is 5.62. The second-order valence-electron chi connectivity index (χ2n) is 5.78. The third-order valence-corrected chi connectivity index (χ3v) is 4.23. The first kappa shape index (κ1) is 16.3. The summed E-state index contributed by atoms with van der Waals surface area (Å²) in [6, 6.07) is 5.87. The largest absolute Gasteiger partial charge is 0.469 e. The van der Waals surface area contributed by atoms with E-state index in [-0.39, 0.29) is 17.8 Å². The van der Waals surface area contributed by atoms with Crippen molar-refractivity contribution in [2.75, 3.05) is 38.7 Å². The van der Waals surface area contributed by atoms with Crippen molar-refractivity contribution < 1.29 is 14.3 Å². The van der Waals surface area contributed by atoms with E-state index < -0.39 is 0 Å². The van der Waals surface area contributed by atoms with Crippen molar-refractivity contribution in [3.05, 3.63) is 29.3 Å². The lowest BCUT2D eigenvalue weighted by molar-refractivity contribution is -0.145. The number of fused-ring (bicyclic) bond motifs is 1. The predicted molar refractivity (Wildman–Crippen MR) is 86.2 cm³/mol. The van der Waals surface area contributed by atoms with Gasteiger partial charge in [-0.25, -0.2) is 0 Å². The quantitative estimate of drug-likeness (QED) is 0.780. The third kappa shape index (κ3) is 3.24. The molecule has 0 saturated heterocycles. The lowest BCUT2D eigenvalue weighted by Gasteiger charge is -2.24. The second-order valence-corrected chi connectivity index (χ2v) is 5.78. The van der Waals surface area contributed by atoms with Gasteiger partial charge in [0, 0.05) is 37.9 Å². The van der Waals surface area contributed by atoms with Crippen LogP contribution in [-0.2, 0) is 16.0 Å². The van der Waals surface area contributed by atoms with Crippen LogP contribution in [0.1, 0.15) is 29.8 Å². The van der Waals surface area contributed by atoms with Gasteiger partial charge in [-0.3, -0.25) is 9.59 Å². The van der Waals surface area contributed by atoms with Crippen LogP contribution in [0.4, 0.5) is 5.69 Å². The van der Waals surface area contributed by atoms with Crippen molar-refractivity contribution in [1.29, 1.82) is 0 Å². The van der Waals surface area contributed by atoms with Gasteiger partial charge in [-0.1, -0.05) is 13.0 Å². The number of nitrogens with zero attached hydrogens (tertiary/aromatic N) is 2. The molecule has 1 aliphatic heterocycles. The fourth-order valence-corrected chi connectivity index (χ4v) is 2.82. The molecule has 120 valence electrons. The van der Waals surface area contributed by atoms with Crippen LogP contribution < -0.4 is 4.90 Å². The average molecular weight is 304 g/mol. The van der Waals surface area contributed by atoms with Gasteiger partial charge in [0.1, 0.15) is 0 Å². The van der Waals surface area contributed by atoms with Crippen LogP contribution in [0.3, 0.4) is 0 Å². The first-order valence-electron chi connectivity index (χ1n) is 7.69. The Morgan fingerprint density at radius 2 is 2.14 bits per heavy atom. The molecule has 5 nitrogen and oxygen atoms in total. The second kappa shape index (κ2) is 6.81. The highest BCUT2D eigenvalue weighted by atomic mass is 16.5. The molecule has 1 heterocycles. The first-order chi connectivity index (χ1) is 10.5. The van der Waals surface area contributed by atoms with Crippen LogP contribution in [0.5, 0.6) is 0 Å². The maximum Gasteiger partial charge on any atom is 0.310 e. The van der Waals surface area contributed by atoms with E-state index in [9.17, 15) is 9.59 Å². The zero-order valence-electron chi connectivity index (χ0n) is 13.8. The van der Waals surface area contributed by atoms with Crippen molar-refractivity contribution in [3.63, 3.8) is 0 Å². The molecule has 0 N–H and O–H groups in total. The average Bonchev–Trinajstić information content (AvgIpc) is 2.91. The molecule has 0 radical (unpaired) electrons. The minimum atomic E-state index is -0.328. The van der Waals surface area contributed by atoms with E-state index in [1.807, 2.05) is 32.2 Å². The highest BCUT2D eigenvalue weighted by Crippen LogP contribution is 2.28. The van der Waals surface area contributed by atoms with E-state index >= 15 is 0 Å². The van der Waals surface area contributed by atoms with Crippen LogP contribution in [0, 0.1) is 5.92 Å². The molecule has 0 saturated carbocycles. The maximum atomic E-state index is 12.7. The maximum absolute atomic E-state index is 12.7. The third-order valence-electron chi connectivity index (χ3n) is 4.23. The summed E-state index contributed by atoms with van der Waals surface area (Å²) < 4.78 is 4.73. The van der Waals surface area contributed by atoms with Gasteiger partial charge in [-0.15, -0.1) is 0 Å². The number of carbonyl (C=O) groups excluding carboxylic acids is 2. The molecule has 1 atom stereocenters. The Balaban J connectivity index is 2.15. The molecule has 1 aromatic carbocycles. The summed E-state index contributed by atoms with van der Waals surface area (Å²) >= 11 is 0. The van der Waals surface area contributed by atoms with E-state index in [1.54, 1.807) is 11.8 Å². The number of benzene rings is 1. The van der Waals surface area contributed by atoms with E-state index in [0.717, 1.165) is 18.7 Å². The van der Waals surface area contributed by atoms with E-state index in [4.69, 9.17) is 4.74 Å². The van der Waals surface area contributed by atoms with Crippen molar-refractivity contribution in [3.8, 4) is 0 Å².